The Morgan fingerprint density at radius 3 is 2.35 bits per heavy atom. The molecule has 1 nitrogen and oxygen atoms in total. The van der Waals surface area contributed by atoms with E-state index in [1.54, 1.807) is 0 Å². The molecule has 2 aromatic carbocycles. The van der Waals surface area contributed by atoms with Crippen LogP contribution in [0.2, 0.25) is 0 Å². The second-order valence-corrected chi connectivity index (χ2v) is 3.88. The second kappa shape index (κ2) is 4.95. The molecule has 0 bridgehead atoms. The van der Waals surface area contributed by atoms with Crippen molar-refractivity contribution >= 4 is 0 Å². The largest absolute Gasteiger partial charge is 0.489 e. The van der Waals surface area contributed by atoms with Crippen LogP contribution in [0.15, 0.2) is 42.5 Å². The van der Waals surface area contributed by atoms with Gasteiger partial charge in [-0.15, -0.1) is 0 Å². The van der Waals surface area contributed by atoms with Gasteiger partial charge in [0, 0.05) is 6.07 Å². The highest BCUT2D eigenvalue weighted by Crippen LogP contribution is 2.15. The fourth-order valence-electron chi connectivity index (χ4n) is 1.57. The molecule has 0 aliphatic rings. The predicted octanol–water partition coefficient (Wildman–Crippen LogP) is 3.85. The average molecular weight is 234 g/mol. The van der Waals surface area contributed by atoms with Crippen LogP contribution in [-0.2, 0) is 6.61 Å². The Balaban J connectivity index is 2.07. The molecule has 0 saturated heterocycles. The molecule has 0 spiro atoms. The van der Waals surface area contributed by atoms with Crippen molar-refractivity contribution in [2.24, 2.45) is 0 Å². The van der Waals surface area contributed by atoms with Crippen LogP contribution in [0, 0.1) is 18.6 Å². The third-order valence-electron chi connectivity index (χ3n) is 2.32. The van der Waals surface area contributed by atoms with Crippen molar-refractivity contribution in [1.82, 2.24) is 0 Å². The van der Waals surface area contributed by atoms with Crippen LogP contribution < -0.4 is 4.74 Å². The predicted molar refractivity (Wildman–Crippen MR) is 61.9 cm³/mol. The summed E-state index contributed by atoms with van der Waals surface area (Å²) < 4.78 is 31.3. The van der Waals surface area contributed by atoms with E-state index in [2.05, 4.69) is 0 Å². The SMILES string of the molecule is Cc1cccc(OCc2cc(F)cc(F)c2)c1. The molecule has 0 aliphatic heterocycles. The number of hydrogen-bond acceptors (Lipinski definition) is 1. The first-order chi connectivity index (χ1) is 8.13. The van der Waals surface area contributed by atoms with Crippen LogP contribution in [0.3, 0.4) is 0 Å². The van der Waals surface area contributed by atoms with Crippen molar-refractivity contribution < 1.29 is 13.5 Å². The molecule has 2 rings (SSSR count). The maximum atomic E-state index is 12.9. The summed E-state index contributed by atoms with van der Waals surface area (Å²) in [6, 6.07) is 10.9. The fraction of sp³-hybridized carbons (Fsp3) is 0.143. The molecule has 3 heteroatoms. The van der Waals surface area contributed by atoms with E-state index in [1.807, 2.05) is 31.2 Å². The molecule has 0 aromatic heterocycles. The highest BCUT2D eigenvalue weighted by Gasteiger charge is 2.01. The van der Waals surface area contributed by atoms with Crippen molar-refractivity contribution in [3.63, 3.8) is 0 Å². The lowest BCUT2D eigenvalue weighted by Crippen LogP contribution is -1.97. The summed E-state index contributed by atoms with van der Waals surface area (Å²) in [6.07, 6.45) is 0. The summed E-state index contributed by atoms with van der Waals surface area (Å²) in [5.41, 5.74) is 1.55. The van der Waals surface area contributed by atoms with E-state index in [0.29, 0.717) is 11.3 Å². The van der Waals surface area contributed by atoms with E-state index in [0.717, 1.165) is 11.6 Å². The third kappa shape index (κ3) is 3.28. The topological polar surface area (TPSA) is 9.23 Å². The van der Waals surface area contributed by atoms with E-state index >= 15 is 0 Å². The molecule has 0 fully saturated rings. The van der Waals surface area contributed by atoms with Gasteiger partial charge in [0.15, 0.2) is 0 Å². The number of benzene rings is 2. The van der Waals surface area contributed by atoms with Crippen LogP contribution in [-0.4, -0.2) is 0 Å². The van der Waals surface area contributed by atoms with Gasteiger partial charge in [-0.2, -0.15) is 0 Å². The van der Waals surface area contributed by atoms with E-state index in [9.17, 15) is 8.78 Å². The van der Waals surface area contributed by atoms with Crippen molar-refractivity contribution in [3.8, 4) is 5.75 Å². The maximum Gasteiger partial charge on any atom is 0.126 e. The highest BCUT2D eigenvalue weighted by molar-refractivity contribution is 5.28. The van der Waals surface area contributed by atoms with Crippen LogP contribution in [0.5, 0.6) is 5.75 Å². The van der Waals surface area contributed by atoms with Gasteiger partial charge in [-0.3, -0.25) is 0 Å². The van der Waals surface area contributed by atoms with Crippen LogP contribution in [0.1, 0.15) is 11.1 Å². The Morgan fingerprint density at radius 1 is 1.00 bits per heavy atom. The summed E-state index contributed by atoms with van der Waals surface area (Å²) in [7, 11) is 0. The van der Waals surface area contributed by atoms with E-state index in [-0.39, 0.29) is 6.61 Å². The molecule has 0 aliphatic carbocycles. The molecule has 17 heavy (non-hydrogen) atoms. The zero-order chi connectivity index (χ0) is 12.3. The number of aryl methyl sites for hydroxylation is 1. The first-order valence-electron chi connectivity index (χ1n) is 5.28. The van der Waals surface area contributed by atoms with Gasteiger partial charge < -0.3 is 4.74 Å². The van der Waals surface area contributed by atoms with E-state index < -0.39 is 11.6 Å². The van der Waals surface area contributed by atoms with Crippen LogP contribution in [0.4, 0.5) is 8.78 Å². The van der Waals surface area contributed by atoms with Gasteiger partial charge >= 0.3 is 0 Å². The molecule has 0 atom stereocenters. The second-order valence-electron chi connectivity index (χ2n) is 3.88. The molecule has 88 valence electrons. The minimum atomic E-state index is -0.590. The Hall–Kier alpha value is -1.90. The van der Waals surface area contributed by atoms with Crippen molar-refractivity contribution in [2.45, 2.75) is 13.5 Å². The molecule has 0 heterocycles. The zero-order valence-corrected chi connectivity index (χ0v) is 9.41. The molecule has 0 saturated carbocycles. The molecule has 0 amide bonds. The summed E-state index contributed by atoms with van der Waals surface area (Å²) >= 11 is 0. The van der Waals surface area contributed by atoms with Gasteiger partial charge in [-0.1, -0.05) is 12.1 Å². The normalized spacial score (nSPS) is 10.3. The molecule has 0 radical (unpaired) electrons. The summed E-state index contributed by atoms with van der Waals surface area (Å²) in [5, 5.41) is 0. The number of hydrogen-bond donors (Lipinski definition) is 0. The smallest absolute Gasteiger partial charge is 0.126 e. The third-order valence-corrected chi connectivity index (χ3v) is 2.32. The number of halogens is 2. The zero-order valence-electron chi connectivity index (χ0n) is 9.41. The van der Waals surface area contributed by atoms with Crippen molar-refractivity contribution in [3.05, 3.63) is 65.2 Å². The van der Waals surface area contributed by atoms with Gasteiger partial charge in [0.25, 0.3) is 0 Å². The Kier molecular flexibility index (Phi) is 3.38. The minimum Gasteiger partial charge on any atom is -0.489 e. The van der Waals surface area contributed by atoms with Gasteiger partial charge in [0.2, 0.25) is 0 Å². The van der Waals surface area contributed by atoms with Crippen LogP contribution in [0.25, 0.3) is 0 Å². The van der Waals surface area contributed by atoms with Gasteiger partial charge in [0.1, 0.15) is 24.0 Å². The van der Waals surface area contributed by atoms with Gasteiger partial charge in [-0.25, -0.2) is 8.78 Å². The lowest BCUT2D eigenvalue weighted by atomic mass is 10.2. The van der Waals surface area contributed by atoms with E-state index in [4.69, 9.17) is 4.74 Å². The van der Waals surface area contributed by atoms with Crippen molar-refractivity contribution in [2.75, 3.05) is 0 Å². The van der Waals surface area contributed by atoms with Gasteiger partial charge in [-0.05, 0) is 42.3 Å². The summed E-state index contributed by atoms with van der Waals surface area (Å²) in [6.45, 7) is 2.10. The maximum absolute atomic E-state index is 12.9. The molecule has 0 N–H and O–H groups in total. The minimum absolute atomic E-state index is 0.151. The molecular weight excluding hydrogens is 222 g/mol. The lowest BCUT2D eigenvalue weighted by molar-refractivity contribution is 0.304. The molecular formula is C14H12F2O. The monoisotopic (exact) mass is 234 g/mol. The summed E-state index contributed by atoms with van der Waals surface area (Å²) in [5.74, 6) is -0.490. The first-order valence-corrected chi connectivity index (χ1v) is 5.28. The standard InChI is InChI=1S/C14H12F2O/c1-10-3-2-4-14(5-10)17-9-11-6-12(15)8-13(16)7-11/h2-8H,9H2,1H3. The Labute approximate surface area is 98.7 Å². The average Bonchev–Trinajstić information content (AvgIpc) is 2.25. The fourth-order valence-corrected chi connectivity index (χ4v) is 1.57. The molecule has 0 unspecified atom stereocenters. The number of ether oxygens (including phenoxy) is 1. The van der Waals surface area contributed by atoms with Crippen LogP contribution >= 0.6 is 0 Å². The van der Waals surface area contributed by atoms with Crippen molar-refractivity contribution in [1.29, 1.82) is 0 Å². The van der Waals surface area contributed by atoms with Gasteiger partial charge in [0.05, 0.1) is 0 Å². The first kappa shape index (κ1) is 11.6. The van der Waals surface area contributed by atoms with E-state index in [1.165, 1.54) is 12.1 Å². The summed E-state index contributed by atoms with van der Waals surface area (Å²) in [4.78, 5) is 0. The lowest BCUT2D eigenvalue weighted by Gasteiger charge is -2.07. The number of rotatable bonds is 3. The molecule has 2 aromatic rings. The Morgan fingerprint density at radius 2 is 1.71 bits per heavy atom. The Bertz CT molecular complexity index is 503. The quantitative estimate of drug-likeness (QED) is 0.783. The highest BCUT2D eigenvalue weighted by atomic mass is 19.1.